The van der Waals surface area contributed by atoms with E-state index in [4.69, 9.17) is 23.7 Å². The molecule has 3 rings (SSSR count). The lowest BCUT2D eigenvalue weighted by atomic mass is 10.0. The minimum Gasteiger partial charge on any atom is -0.497 e. The lowest BCUT2D eigenvalue weighted by Crippen LogP contribution is -2.30. The van der Waals surface area contributed by atoms with Gasteiger partial charge in [-0.15, -0.1) is 0 Å². The molecule has 1 aliphatic heterocycles. The molecule has 0 aromatic heterocycles. The topological polar surface area (TPSA) is 66.5 Å². The summed E-state index contributed by atoms with van der Waals surface area (Å²) in [5.74, 6) is 2.72. The van der Waals surface area contributed by atoms with Crippen LogP contribution in [0.3, 0.4) is 0 Å². The second kappa shape index (κ2) is 8.94. The fourth-order valence-electron chi connectivity index (χ4n) is 3.80. The van der Waals surface area contributed by atoms with Crippen molar-refractivity contribution in [3.8, 4) is 28.7 Å². The summed E-state index contributed by atoms with van der Waals surface area (Å²) in [5.41, 5.74) is 1.42. The number of rotatable bonds is 7. The molecule has 1 fully saturated rings. The highest BCUT2D eigenvalue weighted by molar-refractivity contribution is 5.96. The molecular weight excluding hydrogens is 374 g/mol. The lowest BCUT2D eigenvalue weighted by Gasteiger charge is -2.27. The highest BCUT2D eigenvalue weighted by atomic mass is 16.5. The molecule has 0 spiro atoms. The van der Waals surface area contributed by atoms with Crippen molar-refractivity contribution in [2.75, 3.05) is 42.1 Å². The summed E-state index contributed by atoms with van der Waals surface area (Å²) in [6.45, 7) is 0.653. The third-order valence-corrected chi connectivity index (χ3v) is 5.22. The molecule has 1 amide bonds. The van der Waals surface area contributed by atoms with Crippen molar-refractivity contribution in [2.45, 2.75) is 18.9 Å². The molecule has 0 saturated carbocycles. The van der Waals surface area contributed by atoms with Crippen LogP contribution in [0.25, 0.3) is 0 Å². The number of ether oxygens (including phenoxy) is 5. The van der Waals surface area contributed by atoms with Gasteiger partial charge in [0.1, 0.15) is 11.5 Å². The van der Waals surface area contributed by atoms with Crippen molar-refractivity contribution in [2.24, 2.45) is 0 Å². The van der Waals surface area contributed by atoms with Gasteiger partial charge in [-0.1, -0.05) is 0 Å². The van der Waals surface area contributed by atoms with Gasteiger partial charge in [0.25, 0.3) is 5.91 Å². The van der Waals surface area contributed by atoms with E-state index in [1.165, 1.54) is 21.3 Å². The molecule has 0 aliphatic carbocycles. The summed E-state index contributed by atoms with van der Waals surface area (Å²) in [5, 5.41) is 0. The van der Waals surface area contributed by atoms with Gasteiger partial charge < -0.3 is 28.6 Å². The Morgan fingerprint density at radius 1 is 0.862 bits per heavy atom. The molecule has 156 valence electrons. The predicted octanol–water partition coefficient (Wildman–Crippen LogP) is 3.71. The Morgan fingerprint density at radius 2 is 1.52 bits per heavy atom. The van der Waals surface area contributed by atoms with Crippen molar-refractivity contribution >= 4 is 5.91 Å². The van der Waals surface area contributed by atoms with Crippen LogP contribution in [0.15, 0.2) is 30.3 Å². The van der Waals surface area contributed by atoms with E-state index in [9.17, 15) is 4.79 Å². The van der Waals surface area contributed by atoms with Crippen molar-refractivity contribution in [3.05, 3.63) is 41.5 Å². The van der Waals surface area contributed by atoms with Crippen LogP contribution in [-0.2, 0) is 0 Å². The van der Waals surface area contributed by atoms with Gasteiger partial charge in [-0.2, -0.15) is 0 Å². The quantitative estimate of drug-likeness (QED) is 0.705. The van der Waals surface area contributed by atoms with E-state index in [1.807, 2.05) is 23.1 Å². The second-order valence-electron chi connectivity index (χ2n) is 6.68. The molecule has 1 saturated heterocycles. The first-order valence-electron chi connectivity index (χ1n) is 9.40. The van der Waals surface area contributed by atoms with Crippen LogP contribution in [0.1, 0.15) is 34.8 Å². The molecule has 2 aromatic rings. The van der Waals surface area contributed by atoms with E-state index < -0.39 is 0 Å². The molecule has 2 aromatic carbocycles. The van der Waals surface area contributed by atoms with Crippen LogP contribution in [0.5, 0.6) is 28.7 Å². The standard InChI is InChI=1S/C22H27NO6/c1-25-15-8-9-18(26-2)16(13-15)17-7-6-10-23(17)22(24)14-11-19(27-3)21(29-5)20(12-14)28-4/h8-9,11-13,17H,6-7,10H2,1-5H3. The summed E-state index contributed by atoms with van der Waals surface area (Å²) in [4.78, 5) is 15.3. The summed E-state index contributed by atoms with van der Waals surface area (Å²) >= 11 is 0. The molecule has 0 N–H and O–H groups in total. The molecule has 0 radical (unpaired) electrons. The number of carbonyl (C=O) groups excluding carboxylic acids is 1. The highest BCUT2D eigenvalue weighted by Gasteiger charge is 2.33. The number of carbonyl (C=O) groups is 1. The van der Waals surface area contributed by atoms with E-state index >= 15 is 0 Å². The van der Waals surface area contributed by atoms with Crippen LogP contribution in [0.2, 0.25) is 0 Å². The van der Waals surface area contributed by atoms with E-state index in [2.05, 4.69) is 0 Å². The Kier molecular flexibility index (Phi) is 6.36. The minimum absolute atomic E-state index is 0.100. The number of methoxy groups -OCH3 is 5. The largest absolute Gasteiger partial charge is 0.497 e. The van der Waals surface area contributed by atoms with E-state index in [0.29, 0.717) is 29.4 Å². The third-order valence-electron chi connectivity index (χ3n) is 5.22. The molecule has 1 atom stereocenters. The van der Waals surface area contributed by atoms with Gasteiger partial charge in [-0.25, -0.2) is 0 Å². The minimum atomic E-state index is -0.105. The molecule has 29 heavy (non-hydrogen) atoms. The van der Waals surface area contributed by atoms with Gasteiger partial charge in [0.15, 0.2) is 11.5 Å². The number of benzene rings is 2. The first-order valence-corrected chi connectivity index (χ1v) is 9.40. The molecule has 1 heterocycles. The molecular formula is C22H27NO6. The number of hydrogen-bond acceptors (Lipinski definition) is 6. The Morgan fingerprint density at radius 3 is 2.07 bits per heavy atom. The summed E-state index contributed by atoms with van der Waals surface area (Å²) in [6, 6.07) is 8.91. The Hall–Kier alpha value is -3.09. The van der Waals surface area contributed by atoms with Crippen LogP contribution in [0.4, 0.5) is 0 Å². The van der Waals surface area contributed by atoms with Crippen molar-refractivity contribution < 1.29 is 28.5 Å². The fourth-order valence-corrected chi connectivity index (χ4v) is 3.80. The van der Waals surface area contributed by atoms with Gasteiger partial charge in [-0.3, -0.25) is 4.79 Å². The maximum Gasteiger partial charge on any atom is 0.254 e. The average molecular weight is 401 g/mol. The summed E-state index contributed by atoms with van der Waals surface area (Å²) in [7, 11) is 7.86. The molecule has 7 heteroatoms. The van der Waals surface area contributed by atoms with Gasteiger partial charge >= 0.3 is 0 Å². The van der Waals surface area contributed by atoms with Crippen LogP contribution in [0, 0.1) is 0 Å². The highest BCUT2D eigenvalue weighted by Crippen LogP contribution is 2.42. The summed E-state index contributed by atoms with van der Waals surface area (Å²) in [6.07, 6.45) is 1.75. The van der Waals surface area contributed by atoms with Gasteiger partial charge in [-0.05, 0) is 43.2 Å². The third kappa shape index (κ3) is 3.90. The Bertz CT molecular complexity index is 857. The molecule has 1 aliphatic rings. The predicted molar refractivity (Wildman–Crippen MR) is 109 cm³/mol. The maximum absolute atomic E-state index is 13.4. The van der Waals surface area contributed by atoms with E-state index in [0.717, 1.165) is 29.9 Å². The van der Waals surface area contributed by atoms with E-state index in [1.54, 1.807) is 26.4 Å². The fraction of sp³-hybridized carbons (Fsp3) is 0.409. The Labute approximate surface area is 171 Å². The maximum atomic E-state index is 13.4. The van der Waals surface area contributed by atoms with Gasteiger partial charge in [0.05, 0.1) is 41.6 Å². The Balaban J connectivity index is 1.99. The smallest absolute Gasteiger partial charge is 0.254 e. The molecule has 7 nitrogen and oxygen atoms in total. The zero-order valence-electron chi connectivity index (χ0n) is 17.5. The van der Waals surface area contributed by atoms with Crippen LogP contribution < -0.4 is 23.7 Å². The van der Waals surface area contributed by atoms with Crippen LogP contribution >= 0.6 is 0 Å². The number of likely N-dealkylation sites (tertiary alicyclic amines) is 1. The first-order chi connectivity index (χ1) is 14.1. The SMILES string of the molecule is COc1ccc(OC)c(C2CCCN2C(=O)c2cc(OC)c(OC)c(OC)c2)c1. The first kappa shape index (κ1) is 20.6. The summed E-state index contributed by atoms with van der Waals surface area (Å²) < 4.78 is 27.1. The second-order valence-corrected chi connectivity index (χ2v) is 6.68. The number of amides is 1. The lowest BCUT2D eigenvalue weighted by molar-refractivity contribution is 0.0733. The normalized spacial score (nSPS) is 15.8. The van der Waals surface area contributed by atoms with Gasteiger partial charge in [0, 0.05) is 17.7 Å². The zero-order chi connectivity index (χ0) is 21.0. The van der Waals surface area contributed by atoms with Crippen molar-refractivity contribution in [1.82, 2.24) is 4.90 Å². The van der Waals surface area contributed by atoms with Crippen molar-refractivity contribution in [1.29, 1.82) is 0 Å². The number of nitrogens with zero attached hydrogens (tertiary/aromatic N) is 1. The molecule has 0 bridgehead atoms. The van der Waals surface area contributed by atoms with Crippen molar-refractivity contribution in [3.63, 3.8) is 0 Å². The monoisotopic (exact) mass is 401 g/mol. The van der Waals surface area contributed by atoms with E-state index in [-0.39, 0.29) is 11.9 Å². The number of hydrogen-bond donors (Lipinski definition) is 0. The molecule has 1 unspecified atom stereocenters. The van der Waals surface area contributed by atoms with Gasteiger partial charge in [0.2, 0.25) is 5.75 Å². The van der Waals surface area contributed by atoms with Crippen LogP contribution in [-0.4, -0.2) is 52.9 Å². The zero-order valence-corrected chi connectivity index (χ0v) is 17.5. The average Bonchev–Trinajstić information content (AvgIpc) is 3.26.